The summed E-state index contributed by atoms with van der Waals surface area (Å²) in [6.07, 6.45) is 6.72. The Morgan fingerprint density at radius 1 is 1.18 bits per heavy atom. The van der Waals surface area contributed by atoms with Gasteiger partial charge in [0.05, 0.1) is 11.4 Å². The molecule has 0 saturated heterocycles. The van der Waals surface area contributed by atoms with E-state index in [1.165, 1.54) is 36.2 Å². The fourth-order valence-corrected chi connectivity index (χ4v) is 4.60. The molecule has 1 saturated carbocycles. The maximum Gasteiger partial charge on any atom is 0.225 e. The minimum absolute atomic E-state index is 0.0726. The molecule has 28 heavy (non-hydrogen) atoms. The van der Waals surface area contributed by atoms with Crippen molar-refractivity contribution in [2.24, 2.45) is 5.92 Å². The molecule has 1 aliphatic rings. The standard InChI is InChI=1S/C22H26N4OS/c1-15-8-10-18(11-9-15)19-14-28-22(23-19)26-20(12-16(2)25-26)24-21(27)13-17-6-4-3-5-7-17/h8-12,14,17H,3-7,13H2,1-2H3,(H,24,27). The summed E-state index contributed by atoms with van der Waals surface area (Å²) in [7, 11) is 0. The smallest absolute Gasteiger partial charge is 0.225 e. The summed E-state index contributed by atoms with van der Waals surface area (Å²) in [6, 6.07) is 10.2. The maximum absolute atomic E-state index is 12.6. The first kappa shape index (κ1) is 18.9. The average molecular weight is 395 g/mol. The predicted molar refractivity (Wildman–Crippen MR) is 114 cm³/mol. The van der Waals surface area contributed by atoms with Crippen LogP contribution < -0.4 is 5.32 Å². The lowest BCUT2D eigenvalue weighted by Crippen LogP contribution is -2.19. The van der Waals surface area contributed by atoms with Gasteiger partial charge in [0.1, 0.15) is 5.82 Å². The van der Waals surface area contributed by atoms with Crippen LogP contribution in [0.15, 0.2) is 35.7 Å². The van der Waals surface area contributed by atoms with E-state index < -0.39 is 0 Å². The minimum atomic E-state index is 0.0726. The van der Waals surface area contributed by atoms with Crippen LogP contribution in [-0.2, 0) is 4.79 Å². The van der Waals surface area contributed by atoms with Crippen LogP contribution in [0.3, 0.4) is 0 Å². The van der Waals surface area contributed by atoms with E-state index in [-0.39, 0.29) is 5.91 Å². The predicted octanol–water partition coefficient (Wildman–Crippen LogP) is 5.52. The number of hydrogen-bond donors (Lipinski definition) is 1. The topological polar surface area (TPSA) is 59.8 Å². The van der Waals surface area contributed by atoms with Gasteiger partial charge in [-0.2, -0.15) is 9.78 Å². The number of thiazole rings is 1. The van der Waals surface area contributed by atoms with E-state index >= 15 is 0 Å². The van der Waals surface area contributed by atoms with Crippen LogP contribution in [0.1, 0.15) is 49.8 Å². The fraction of sp³-hybridized carbons (Fsp3) is 0.409. The Kier molecular flexibility index (Phi) is 5.57. The monoisotopic (exact) mass is 394 g/mol. The molecule has 1 N–H and O–H groups in total. The highest BCUT2D eigenvalue weighted by molar-refractivity contribution is 7.12. The second-order valence-electron chi connectivity index (χ2n) is 7.72. The Morgan fingerprint density at radius 3 is 2.68 bits per heavy atom. The molecule has 0 aliphatic heterocycles. The van der Waals surface area contributed by atoms with Crippen molar-refractivity contribution in [1.82, 2.24) is 14.8 Å². The number of aromatic nitrogens is 3. The molecule has 1 amide bonds. The second kappa shape index (κ2) is 8.27. The molecule has 0 spiro atoms. The number of benzene rings is 1. The number of aryl methyl sites for hydroxylation is 2. The summed E-state index contributed by atoms with van der Waals surface area (Å²) in [4.78, 5) is 17.3. The van der Waals surface area contributed by atoms with Gasteiger partial charge in [-0.15, -0.1) is 11.3 Å². The number of nitrogens with zero attached hydrogens (tertiary/aromatic N) is 3. The molecule has 4 rings (SSSR count). The fourth-order valence-electron chi connectivity index (χ4n) is 3.80. The first-order valence-corrected chi connectivity index (χ1v) is 10.9. The molecule has 146 valence electrons. The molecule has 0 atom stereocenters. The Balaban J connectivity index is 1.51. The Labute approximate surface area is 169 Å². The molecule has 2 heterocycles. The van der Waals surface area contributed by atoms with Gasteiger partial charge in [0.15, 0.2) is 0 Å². The highest BCUT2D eigenvalue weighted by Crippen LogP contribution is 2.28. The summed E-state index contributed by atoms with van der Waals surface area (Å²) in [5.41, 5.74) is 4.09. The summed E-state index contributed by atoms with van der Waals surface area (Å²) < 4.78 is 1.75. The van der Waals surface area contributed by atoms with Gasteiger partial charge in [-0.3, -0.25) is 4.79 Å². The number of nitrogens with one attached hydrogen (secondary N) is 1. The molecule has 2 aromatic heterocycles. The van der Waals surface area contributed by atoms with E-state index in [9.17, 15) is 4.79 Å². The van der Waals surface area contributed by atoms with E-state index in [1.54, 1.807) is 4.68 Å². The second-order valence-corrected chi connectivity index (χ2v) is 8.56. The molecule has 1 aliphatic carbocycles. The van der Waals surface area contributed by atoms with Crippen molar-refractivity contribution in [2.45, 2.75) is 52.4 Å². The molecular weight excluding hydrogens is 368 g/mol. The van der Waals surface area contributed by atoms with Crippen LogP contribution in [0.5, 0.6) is 0 Å². The van der Waals surface area contributed by atoms with Gasteiger partial charge in [-0.05, 0) is 32.6 Å². The van der Waals surface area contributed by atoms with E-state index in [1.807, 2.05) is 18.4 Å². The number of carbonyl (C=O) groups is 1. The summed E-state index contributed by atoms with van der Waals surface area (Å²) in [5, 5.41) is 10.4. The van der Waals surface area contributed by atoms with Crippen molar-refractivity contribution in [1.29, 1.82) is 0 Å². The number of hydrogen-bond acceptors (Lipinski definition) is 4. The van der Waals surface area contributed by atoms with Crippen molar-refractivity contribution in [3.8, 4) is 16.4 Å². The van der Waals surface area contributed by atoms with Crippen molar-refractivity contribution < 1.29 is 4.79 Å². The van der Waals surface area contributed by atoms with Gasteiger partial charge >= 0.3 is 0 Å². The summed E-state index contributed by atoms with van der Waals surface area (Å²) >= 11 is 1.53. The Hall–Kier alpha value is -2.47. The zero-order valence-corrected chi connectivity index (χ0v) is 17.3. The van der Waals surface area contributed by atoms with Crippen LogP contribution in [0.25, 0.3) is 16.4 Å². The molecule has 6 heteroatoms. The SMILES string of the molecule is Cc1ccc(-c2csc(-n3nc(C)cc3NC(=O)CC3CCCCC3)n2)cc1. The highest BCUT2D eigenvalue weighted by atomic mass is 32.1. The zero-order valence-electron chi connectivity index (χ0n) is 16.4. The van der Waals surface area contributed by atoms with Crippen molar-refractivity contribution in [2.75, 3.05) is 5.32 Å². The number of amides is 1. The van der Waals surface area contributed by atoms with Gasteiger partial charge in [0, 0.05) is 23.4 Å². The number of carbonyl (C=O) groups excluding carboxylic acids is 1. The van der Waals surface area contributed by atoms with Gasteiger partial charge in [0.2, 0.25) is 11.0 Å². The molecule has 5 nitrogen and oxygen atoms in total. The van der Waals surface area contributed by atoms with E-state index in [0.29, 0.717) is 18.2 Å². The average Bonchev–Trinajstić information content (AvgIpc) is 3.30. The molecule has 0 unspecified atom stereocenters. The van der Waals surface area contributed by atoms with Gasteiger partial charge in [-0.1, -0.05) is 49.1 Å². The summed E-state index contributed by atoms with van der Waals surface area (Å²) in [5.74, 6) is 1.28. The van der Waals surface area contributed by atoms with E-state index in [4.69, 9.17) is 4.98 Å². The lowest BCUT2D eigenvalue weighted by atomic mass is 9.87. The van der Waals surface area contributed by atoms with Crippen molar-refractivity contribution in [3.63, 3.8) is 0 Å². The molecule has 0 radical (unpaired) electrons. The maximum atomic E-state index is 12.6. The lowest BCUT2D eigenvalue weighted by Gasteiger charge is -2.20. The lowest BCUT2D eigenvalue weighted by molar-refractivity contribution is -0.117. The third kappa shape index (κ3) is 4.33. The third-order valence-corrected chi connectivity index (χ3v) is 6.13. The Morgan fingerprint density at radius 2 is 1.93 bits per heavy atom. The van der Waals surface area contributed by atoms with Crippen LogP contribution in [0, 0.1) is 19.8 Å². The quantitative estimate of drug-likeness (QED) is 0.620. The van der Waals surface area contributed by atoms with Crippen molar-refractivity contribution >= 4 is 23.1 Å². The molecule has 0 bridgehead atoms. The van der Waals surface area contributed by atoms with Gasteiger partial charge < -0.3 is 5.32 Å². The minimum Gasteiger partial charge on any atom is -0.310 e. The van der Waals surface area contributed by atoms with Crippen molar-refractivity contribution in [3.05, 3.63) is 47.0 Å². The highest BCUT2D eigenvalue weighted by Gasteiger charge is 2.19. The van der Waals surface area contributed by atoms with E-state index in [0.717, 1.165) is 34.9 Å². The van der Waals surface area contributed by atoms with Gasteiger partial charge in [0.25, 0.3) is 0 Å². The van der Waals surface area contributed by atoms with Gasteiger partial charge in [-0.25, -0.2) is 4.98 Å². The third-order valence-electron chi connectivity index (χ3n) is 5.32. The Bertz CT molecular complexity index is 951. The van der Waals surface area contributed by atoms with Crippen LogP contribution in [0.4, 0.5) is 5.82 Å². The molecule has 1 aromatic carbocycles. The van der Waals surface area contributed by atoms with Crippen LogP contribution in [0.2, 0.25) is 0 Å². The van der Waals surface area contributed by atoms with Crippen LogP contribution in [-0.4, -0.2) is 20.7 Å². The molecular formula is C22H26N4OS. The van der Waals surface area contributed by atoms with Crippen LogP contribution >= 0.6 is 11.3 Å². The summed E-state index contributed by atoms with van der Waals surface area (Å²) in [6.45, 7) is 4.01. The normalized spacial score (nSPS) is 14.9. The largest absolute Gasteiger partial charge is 0.310 e. The molecule has 1 fully saturated rings. The number of anilines is 1. The first-order chi connectivity index (χ1) is 13.6. The number of rotatable bonds is 5. The van der Waals surface area contributed by atoms with E-state index in [2.05, 4.69) is 41.6 Å². The zero-order chi connectivity index (χ0) is 19.5. The first-order valence-electron chi connectivity index (χ1n) is 9.98. The molecule has 3 aromatic rings.